The fourth-order valence-corrected chi connectivity index (χ4v) is 9.91. The van der Waals surface area contributed by atoms with Gasteiger partial charge in [-0.3, -0.25) is 39.1 Å². The second-order valence-corrected chi connectivity index (χ2v) is 16.9. The van der Waals surface area contributed by atoms with Crippen molar-refractivity contribution in [1.29, 1.82) is 0 Å². The van der Waals surface area contributed by atoms with Crippen molar-refractivity contribution in [3.05, 3.63) is 98.9 Å². The van der Waals surface area contributed by atoms with Crippen LogP contribution in [0.3, 0.4) is 0 Å². The van der Waals surface area contributed by atoms with Crippen LogP contribution in [0.2, 0.25) is 5.02 Å². The molecule has 6 aliphatic rings. The number of ether oxygens (including phenoxy) is 1. The van der Waals surface area contributed by atoms with E-state index in [-0.39, 0.29) is 36.2 Å². The maximum atomic E-state index is 13.4. The normalized spacial score (nSPS) is 22.5. The van der Waals surface area contributed by atoms with Crippen molar-refractivity contribution < 1.29 is 28.7 Å². The van der Waals surface area contributed by atoms with Crippen LogP contribution in [0, 0.1) is 17.9 Å². The number of amides is 5. The summed E-state index contributed by atoms with van der Waals surface area (Å²) in [6.45, 7) is 13.0. The first kappa shape index (κ1) is 36.4. The van der Waals surface area contributed by atoms with E-state index in [2.05, 4.69) is 32.1 Å². The number of carbonyl (C=O) groups excluding carboxylic acids is 5. The summed E-state index contributed by atoms with van der Waals surface area (Å²) in [4.78, 5) is 75.2. The molecule has 3 aromatic carbocycles. The Morgan fingerprint density at radius 3 is 2.14 bits per heavy atom. The first-order valence-corrected chi connectivity index (χ1v) is 20.0. The lowest BCUT2D eigenvalue weighted by molar-refractivity contribution is -0.136. The fourth-order valence-electron chi connectivity index (χ4n) is 9.69. The van der Waals surface area contributed by atoms with Crippen LogP contribution in [-0.4, -0.2) is 89.1 Å². The first-order valence-electron chi connectivity index (χ1n) is 19.6. The molecule has 1 saturated carbocycles. The molecule has 3 saturated heterocycles. The molecule has 1 spiro atoms. The van der Waals surface area contributed by atoms with E-state index >= 15 is 0 Å². The summed E-state index contributed by atoms with van der Waals surface area (Å²) in [7, 11) is 0. The zero-order chi connectivity index (χ0) is 38.7. The molecule has 0 radical (unpaired) electrons. The van der Waals surface area contributed by atoms with Crippen LogP contribution >= 0.6 is 11.6 Å². The Morgan fingerprint density at radius 1 is 0.875 bits per heavy atom. The van der Waals surface area contributed by atoms with Gasteiger partial charge in [-0.1, -0.05) is 17.7 Å². The molecule has 1 aliphatic carbocycles. The minimum Gasteiger partial charge on any atom is -0.490 e. The molecule has 1 atom stereocenters. The number of piperidine rings is 2. The van der Waals surface area contributed by atoms with Crippen molar-refractivity contribution in [2.24, 2.45) is 11.3 Å². The molecule has 0 bridgehead atoms. The van der Waals surface area contributed by atoms with E-state index in [4.69, 9.17) is 22.9 Å². The molecular weight excluding hydrogens is 732 g/mol. The number of anilines is 1. The largest absolute Gasteiger partial charge is 0.490 e. The average Bonchev–Trinajstić information content (AvgIpc) is 3.69. The number of halogens is 1. The van der Waals surface area contributed by atoms with Gasteiger partial charge in [-0.05, 0) is 111 Å². The van der Waals surface area contributed by atoms with Gasteiger partial charge in [0.1, 0.15) is 11.8 Å². The molecule has 12 nitrogen and oxygen atoms in total. The number of fused-ring (bicyclic) bond motifs is 2. The smallest absolute Gasteiger partial charge is 0.262 e. The summed E-state index contributed by atoms with van der Waals surface area (Å²) in [5, 5.41) is 2.66. The van der Waals surface area contributed by atoms with Crippen LogP contribution in [0.5, 0.6) is 5.75 Å². The number of carbonyl (C=O) groups is 5. The lowest BCUT2D eigenvalue weighted by atomic mass is 9.67. The first-order chi connectivity index (χ1) is 27.1. The van der Waals surface area contributed by atoms with Gasteiger partial charge in [-0.2, -0.15) is 0 Å². The van der Waals surface area contributed by atoms with Crippen LogP contribution < -0.4 is 15.0 Å². The Bertz CT molecular complexity index is 2130. The third-order valence-corrected chi connectivity index (χ3v) is 13.1. The van der Waals surface area contributed by atoms with E-state index in [0.717, 1.165) is 98.5 Å². The quantitative estimate of drug-likeness (QED) is 0.230. The summed E-state index contributed by atoms with van der Waals surface area (Å²) in [5.74, 6) is -0.601. The van der Waals surface area contributed by atoms with E-state index in [9.17, 15) is 24.0 Å². The molecule has 1 N–H and O–H groups in total. The number of imide groups is 2. The van der Waals surface area contributed by atoms with E-state index in [1.807, 2.05) is 35.2 Å². The van der Waals surface area contributed by atoms with Gasteiger partial charge in [0.15, 0.2) is 0 Å². The molecule has 4 fully saturated rings. The Labute approximate surface area is 330 Å². The van der Waals surface area contributed by atoms with E-state index < -0.39 is 23.8 Å². The van der Waals surface area contributed by atoms with Gasteiger partial charge in [0, 0.05) is 68.9 Å². The zero-order valence-electron chi connectivity index (χ0n) is 31.1. The Hall–Kier alpha value is -5.25. The summed E-state index contributed by atoms with van der Waals surface area (Å²) in [5.41, 5.74) is 5.22. The predicted octanol–water partition coefficient (Wildman–Crippen LogP) is 5.99. The van der Waals surface area contributed by atoms with Crippen LogP contribution in [-0.2, 0) is 22.7 Å². The highest BCUT2D eigenvalue weighted by molar-refractivity contribution is 6.33. The third kappa shape index (κ3) is 6.71. The van der Waals surface area contributed by atoms with Crippen LogP contribution in [0.1, 0.15) is 93.6 Å². The van der Waals surface area contributed by atoms with Crippen LogP contribution in [0.15, 0.2) is 54.6 Å². The maximum Gasteiger partial charge on any atom is 0.262 e. The van der Waals surface area contributed by atoms with Crippen molar-refractivity contribution >= 4 is 52.5 Å². The Kier molecular flexibility index (Phi) is 9.33. The number of nitrogens with one attached hydrogen (secondary N) is 1. The summed E-state index contributed by atoms with van der Waals surface area (Å²) in [6.07, 6.45) is 6.36. The molecule has 5 amide bonds. The number of likely N-dealkylation sites (tertiary alicyclic amines) is 1. The van der Waals surface area contributed by atoms with Gasteiger partial charge in [0.05, 0.1) is 28.8 Å². The highest BCUT2D eigenvalue weighted by Crippen LogP contribution is 2.45. The highest BCUT2D eigenvalue weighted by Gasteiger charge is 2.48. The summed E-state index contributed by atoms with van der Waals surface area (Å²) in [6, 6.07) is 16.0. The molecule has 9 rings (SSSR count). The molecule has 5 aliphatic heterocycles. The lowest BCUT2D eigenvalue weighted by Gasteiger charge is -2.53. The van der Waals surface area contributed by atoms with Gasteiger partial charge in [0.2, 0.25) is 17.5 Å². The number of nitrogens with zero attached hydrogens (tertiary/aromatic N) is 5. The predicted molar refractivity (Wildman–Crippen MR) is 208 cm³/mol. The van der Waals surface area contributed by atoms with Crippen LogP contribution in [0.25, 0.3) is 4.85 Å². The number of benzene rings is 3. The zero-order valence-corrected chi connectivity index (χ0v) is 31.9. The number of hydrogen-bond acceptors (Lipinski definition) is 8. The van der Waals surface area contributed by atoms with Crippen molar-refractivity contribution in [2.75, 3.05) is 37.6 Å². The van der Waals surface area contributed by atoms with Gasteiger partial charge >= 0.3 is 0 Å². The van der Waals surface area contributed by atoms with Crippen molar-refractivity contribution in [3.8, 4) is 5.75 Å². The monoisotopic (exact) mass is 774 g/mol. The topological polar surface area (TPSA) is 124 Å². The number of rotatable bonds is 7. The average molecular weight is 775 g/mol. The molecule has 1 unspecified atom stereocenters. The SMILES string of the molecule is [C-]#[N+]c1ccc(OC2CCC3(CC2)CN(C(=O)c2ccc(N4CCC(CN5Cc6cc7c(cc6C5)C(=O)N(C5CCC(=O)NC5=O)C7=O)CC4)cc2)C3)cc1Cl. The Balaban J connectivity index is 0.722. The second kappa shape index (κ2) is 14.4. The van der Waals surface area contributed by atoms with Crippen molar-refractivity contribution in [2.45, 2.75) is 76.6 Å². The second-order valence-electron chi connectivity index (χ2n) is 16.5. The minimum atomic E-state index is -0.959. The molecule has 13 heteroatoms. The van der Waals surface area contributed by atoms with E-state index in [1.165, 1.54) is 0 Å². The standard InChI is InChI=1S/C43H43ClN6O6/c1-45-36-7-6-32(20-35(36)44)56-31-10-14-43(15-11-31)24-49(25-43)40(53)27-2-4-30(5-3-27)48-16-12-26(13-17-48)21-47-22-28-18-33-34(19-29(28)23-47)42(55)50(41(33)54)37-8-9-38(51)46-39(37)52/h2-7,18-20,26,31,37H,8-17,21-25H2,(H,46,51,52). The minimum absolute atomic E-state index is 0.0889. The lowest BCUT2D eigenvalue weighted by Crippen LogP contribution is -2.60. The fraction of sp³-hybridized carbons (Fsp3) is 0.442. The number of hydrogen-bond donors (Lipinski definition) is 1. The maximum absolute atomic E-state index is 13.4. The van der Waals surface area contributed by atoms with E-state index in [0.29, 0.717) is 46.6 Å². The molecule has 0 aromatic heterocycles. The van der Waals surface area contributed by atoms with E-state index in [1.54, 1.807) is 12.1 Å². The third-order valence-electron chi connectivity index (χ3n) is 12.8. The highest BCUT2D eigenvalue weighted by atomic mass is 35.5. The molecule has 56 heavy (non-hydrogen) atoms. The molecule has 5 heterocycles. The Morgan fingerprint density at radius 2 is 1.54 bits per heavy atom. The molecule has 3 aromatic rings. The summed E-state index contributed by atoms with van der Waals surface area (Å²) >= 11 is 6.19. The van der Waals surface area contributed by atoms with Gasteiger partial charge < -0.3 is 14.5 Å². The van der Waals surface area contributed by atoms with Crippen molar-refractivity contribution in [3.63, 3.8) is 0 Å². The van der Waals surface area contributed by atoms with Gasteiger partial charge in [-0.25, -0.2) is 4.85 Å². The molecular formula is C43H43ClN6O6. The summed E-state index contributed by atoms with van der Waals surface area (Å²) < 4.78 is 6.18. The van der Waals surface area contributed by atoms with Gasteiger partial charge in [-0.15, -0.1) is 0 Å². The van der Waals surface area contributed by atoms with Crippen molar-refractivity contribution in [1.82, 2.24) is 20.0 Å². The van der Waals surface area contributed by atoms with Gasteiger partial charge in [0.25, 0.3) is 17.7 Å². The van der Waals surface area contributed by atoms with Crippen LogP contribution in [0.4, 0.5) is 11.4 Å². The molecule has 288 valence electrons.